The molecule has 0 fully saturated rings. The number of hydrogen-bond donors (Lipinski definition) is 3. The maximum absolute atomic E-state index is 11.9. The van der Waals surface area contributed by atoms with E-state index < -0.39 is 11.8 Å². The minimum absolute atomic E-state index is 0.534. The molecule has 0 aromatic heterocycles. The molecule has 3 nitrogen and oxygen atoms in total. The van der Waals surface area contributed by atoms with Crippen LogP contribution in [0.1, 0.15) is 39.6 Å². The molecule has 3 heteroatoms. The summed E-state index contributed by atoms with van der Waals surface area (Å²) >= 11 is 0. The fourth-order valence-corrected chi connectivity index (χ4v) is 3.78. The molecule has 0 heterocycles. The monoisotopic (exact) mass is 317 g/mol. The summed E-state index contributed by atoms with van der Waals surface area (Å²) in [5.74, 6) is 0. The zero-order valence-corrected chi connectivity index (χ0v) is 13.2. The van der Waals surface area contributed by atoms with Crippen molar-refractivity contribution in [2.75, 3.05) is 0 Å². The van der Waals surface area contributed by atoms with Crippen LogP contribution in [0.2, 0.25) is 0 Å². The maximum Gasteiger partial charge on any atom is 0.141 e. The average Bonchev–Trinajstić information content (AvgIpc) is 2.62. The summed E-state index contributed by atoms with van der Waals surface area (Å²) in [5.41, 5.74) is 9.45. The fourth-order valence-electron chi connectivity index (χ4n) is 3.78. The second kappa shape index (κ2) is 5.56. The van der Waals surface area contributed by atoms with E-state index in [4.69, 9.17) is 5.73 Å². The van der Waals surface area contributed by atoms with Crippen LogP contribution < -0.4 is 5.73 Å². The van der Waals surface area contributed by atoms with Crippen LogP contribution in [0.4, 0.5) is 0 Å². The first-order chi connectivity index (χ1) is 11.6. The summed E-state index contributed by atoms with van der Waals surface area (Å²) in [6.07, 6.45) is -0.367. The zero-order valence-electron chi connectivity index (χ0n) is 13.2. The van der Waals surface area contributed by atoms with Crippen molar-refractivity contribution in [2.45, 2.75) is 18.2 Å². The number of aliphatic hydroxyl groups excluding tert-OH is 1. The van der Waals surface area contributed by atoms with E-state index in [1.807, 2.05) is 66.7 Å². The highest BCUT2D eigenvalue weighted by Gasteiger charge is 2.41. The molecule has 1 aliphatic rings. The van der Waals surface area contributed by atoms with Crippen LogP contribution in [-0.4, -0.2) is 10.2 Å². The number of rotatable bonds is 2. The Labute approximate surface area is 141 Å². The zero-order chi connectivity index (χ0) is 16.7. The topological polar surface area (TPSA) is 66.5 Å². The first-order valence-corrected chi connectivity index (χ1v) is 8.04. The Kier molecular flexibility index (Phi) is 3.50. The highest BCUT2D eigenvalue weighted by atomic mass is 16.3. The molecule has 1 atom stereocenters. The average molecular weight is 317 g/mol. The van der Waals surface area contributed by atoms with Gasteiger partial charge in [0.05, 0.1) is 0 Å². The van der Waals surface area contributed by atoms with Gasteiger partial charge in [-0.2, -0.15) is 0 Å². The van der Waals surface area contributed by atoms with Gasteiger partial charge in [-0.25, -0.2) is 0 Å². The Bertz CT molecular complexity index is 856. The Morgan fingerprint density at radius 1 is 0.750 bits per heavy atom. The van der Waals surface area contributed by atoms with Crippen molar-refractivity contribution in [3.63, 3.8) is 0 Å². The van der Waals surface area contributed by atoms with Crippen LogP contribution in [0, 0.1) is 0 Å². The van der Waals surface area contributed by atoms with Crippen LogP contribution >= 0.6 is 0 Å². The summed E-state index contributed by atoms with van der Waals surface area (Å²) in [7, 11) is 0. The van der Waals surface area contributed by atoms with E-state index in [1.165, 1.54) is 0 Å². The molecule has 0 amide bonds. The van der Waals surface area contributed by atoms with Gasteiger partial charge >= 0.3 is 0 Å². The van der Waals surface area contributed by atoms with Gasteiger partial charge in [0.2, 0.25) is 0 Å². The Morgan fingerprint density at radius 2 is 1.21 bits per heavy atom. The van der Waals surface area contributed by atoms with E-state index >= 15 is 0 Å². The molecule has 1 aliphatic carbocycles. The largest absolute Gasteiger partial charge is 0.376 e. The Morgan fingerprint density at radius 3 is 1.75 bits per heavy atom. The van der Waals surface area contributed by atoms with Crippen molar-refractivity contribution in [1.82, 2.24) is 0 Å². The van der Waals surface area contributed by atoms with Gasteiger partial charge in [0.25, 0.3) is 0 Å². The quantitative estimate of drug-likeness (QED) is 0.637. The lowest BCUT2D eigenvalue weighted by atomic mass is 9.70. The third-order valence-corrected chi connectivity index (χ3v) is 4.86. The molecule has 120 valence electrons. The third-order valence-electron chi connectivity index (χ3n) is 4.86. The van der Waals surface area contributed by atoms with Gasteiger partial charge in [0.1, 0.15) is 11.8 Å². The van der Waals surface area contributed by atoms with E-state index in [1.54, 1.807) is 6.07 Å². The van der Waals surface area contributed by atoms with Crippen molar-refractivity contribution in [1.29, 1.82) is 0 Å². The predicted molar refractivity (Wildman–Crippen MR) is 93.4 cm³/mol. The van der Waals surface area contributed by atoms with Gasteiger partial charge in [-0.3, -0.25) is 0 Å². The van der Waals surface area contributed by atoms with E-state index in [2.05, 4.69) is 0 Å². The van der Waals surface area contributed by atoms with Crippen LogP contribution in [0.3, 0.4) is 0 Å². The van der Waals surface area contributed by atoms with Gasteiger partial charge in [-0.1, -0.05) is 72.8 Å². The predicted octanol–water partition coefficient (Wildman–Crippen LogP) is 2.82. The number of fused-ring (bicyclic) bond motifs is 2. The second-order valence-electron chi connectivity index (χ2n) is 6.23. The van der Waals surface area contributed by atoms with Gasteiger partial charge in [-0.05, 0) is 34.2 Å². The molecular formula is C21H19NO2. The van der Waals surface area contributed by atoms with E-state index in [0.717, 1.165) is 28.7 Å². The molecule has 0 saturated carbocycles. The first kappa shape index (κ1) is 15.1. The van der Waals surface area contributed by atoms with Crippen LogP contribution in [-0.2, 0) is 12.0 Å². The molecular weight excluding hydrogens is 298 g/mol. The molecule has 4 rings (SSSR count). The van der Waals surface area contributed by atoms with Crippen molar-refractivity contribution >= 4 is 0 Å². The number of benzene rings is 3. The molecule has 0 aliphatic heterocycles. The molecule has 3 aromatic carbocycles. The summed E-state index contributed by atoms with van der Waals surface area (Å²) in [6, 6.07) is 23.1. The Balaban J connectivity index is 2.08. The molecule has 4 N–H and O–H groups in total. The summed E-state index contributed by atoms with van der Waals surface area (Å²) in [5, 5.41) is 21.9. The number of hydrogen-bond acceptors (Lipinski definition) is 3. The molecule has 0 bridgehead atoms. The normalized spacial score (nSPS) is 16.1. The van der Waals surface area contributed by atoms with Crippen LogP contribution in [0.15, 0.2) is 72.8 Å². The standard InChI is InChI=1S/C21H19NO2/c22-20(23)16-9-3-6-12-19(16)21(24)17-10-4-1-7-14(17)13-15-8-2-5-11-18(15)21/h1-12,20,23-24H,13,22H2. The lowest BCUT2D eigenvalue weighted by molar-refractivity contribution is 0.113. The second-order valence-corrected chi connectivity index (χ2v) is 6.23. The van der Waals surface area contributed by atoms with Crippen molar-refractivity contribution in [3.05, 3.63) is 106 Å². The van der Waals surface area contributed by atoms with Crippen molar-refractivity contribution in [3.8, 4) is 0 Å². The lowest BCUT2D eigenvalue weighted by Gasteiger charge is -2.38. The van der Waals surface area contributed by atoms with E-state index in [9.17, 15) is 10.2 Å². The summed E-state index contributed by atoms with van der Waals surface area (Å²) in [4.78, 5) is 0. The van der Waals surface area contributed by atoms with E-state index in [0.29, 0.717) is 11.1 Å². The molecule has 0 spiro atoms. The fraction of sp³-hybridized carbons (Fsp3) is 0.143. The summed E-state index contributed by atoms with van der Waals surface area (Å²) < 4.78 is 0. The molecule has 1 unspecified atom stereocenters. The van der Waals surface area contributed by atoms with Gasteiger partial charge < -0.3 is 15.9 Å². The third kappa shape index (κ3) is 2.10. The van der Waals surface area contributed by atoms with Crippen molar-refractivity contribution in [2.24, 2.45) is 5.73 Å². The van der Waals surface area contributed by atoms with Crippen molar-refractivity contribution < 1.29 is 10.2 Å². The molecule has 24 heavy (non-hydrogen) atoms. The highest BCUT2D eigenvalue weighted by Crippen LogP contribution is 2.45. The Hall–Kier alpha value is -2.46. The van der Waals surface area contributed by atoms with Gasteiger partial charge in [-0.15, -0.1) is 0 Å². The smallest absolute Gasteiger partial charge is 0.141 e. The van der Waals surface area contributed by atoms with Crippen LogP contribution in [0.5, 0.6) is 0 Å². The maximum atomic E-state index is 11.9. The van der Waals surface area contributed by atoms with Gasteiger partial charge in [0.15, 0.2) is 0 Å². The minimum Gasteiger partial charge on any atom is -0.376 e. The molecule has 0 radical (unpaired) electrons. The highest BCUT2D eigenvalue weighted by molar-refractivity contribution is 5.59. The van der Waals surface area contributed by atoms with Crippen LogP contribution in [0.25, 0.3) is 0 Å². The summed E-state index contributed by atoms with van der Waals surface area (Å²) in [6.45, 7) is 0. The van der Waals surface area contributed by atoms with Gasteiger partial charge in [0, 0.05) is 5.56 Å². The number of aliphatic hydroxyl groups is 2. The SMILES string of the molecule is NC(O)c1ccccc1C1(O)c2ccccc2Cc2ccccc21. The van der Waals surface area contributed by atoms with E-state index in [-0.39, 0.29) is 0 Å². The molecule has 3 aromatic rings. The minimum atomic E-state index is -1.33. The lowest BCUT2D eigenvalue weighted by Crippen LogP contribution is -2.36. The molecule has 0 saturated heterocycles. The first-order valence-electron chi connectivity index (χ1n) is 8.04. The number of nitrogens with two attached hydrogens (primary N) is 1.